The molecule has 196 valence electrons. The van der Waals surface area contributed by atoms with E-state index in [2.05, 4.69) is 36.3 Å². The van der Waals surface area contributed by atoms with E-state index in [0.717, 1.165) is 11.3 Å². The van der Waals surface area contributed by atoms with Gasteiger partial charge in [-0.15, -0.1) is 39.8 Å². The number of aliphatic carboxylic acids is 1. The summed E-state index contributed by atoms with van der Waals surface area (Å²) in [6, 6.07) is -0.986. The van der Waals surface area contributed by atoms with E-state index in [-0.39, 0.29) is 33.9 Å². The number of nitrogens with zero attached hydrogens (tertiary/aromatic N) is 7. The number of aromatic nitrogens is 5. The Balaban J connectivity index is 1.47. The summed E-state index contributed by atoms with van der Waals surface area (Å²) in [5.41, 5.74) is 0.306. The Morgan fingerprint density at radius 1 is 1.41 bits per heavy atom. The summed E-state index contributed by atoms with van der Waals surface area (Å²) < 4.78 is 1.46. The number of thiazole rings is 1. The molecule has 4 heterocycles. The molecule has 1 saturated heterocycles. The van der Waals surface area contributed by atoms with Gasteiger partial charge in [0, 0.05) is 23.9 Å². The number of amides is 3. The van der Waals surface area contributed by atoms with E-state index in [1.807, 2.05) is 0 Å². The Hall–Kier alpha value is -3.22. The van der Waals surface area contributed by atoms with Crippen molar-refractivity contribution in [3.05, 3.63) is 22.3 Å². The first-order valence-corrected chi connectivity index (χ1v) is 13.7. The van der Waals surface area contributed by atoms with Gasteiger partial charge >= 0.3 is 5.97 Å². The quantitative estimate of drug-likeness (QED) is 0.108. The summed E-state index contributed by atoms with van der Waals surface area (Å²) in [4.78, 5) is 59.6. The molecule has 2 aliphatic heterocycles. The van der Waals surface area contributed by atoms with Crippen LogP contribution in [0.1, 0.15) is 5.69 Å². The summed E-state index contributed by atoms with van der Waals surface area (Å²) in [5, 5.41) is 31.3. The highest BCUT2D eigenvalue weighted by Crippen LogP contribution is 2.41. The maximum absolute atomic E-state index is 13.0. The number of oxime groups is 1. The summed E-state index contributed by atoms with van der Waals surface area (Å²) in [6.07, 6.45) is 0. The van der Waals surface area contributed by atoms with Crippen LogP contribution in [0.5, 0.6) is 0 Å². The number of halogens is 1. The SMILES string of the molecule is CO/N=C(/C(=O)N[C@@H]1C(=O)N2C(C(=O)O)=C(CSc3nnnn3C)CS[C@H]12)c1csc(NC(=O)CCl)n1. The number of carbonyl (C=O) groups is 4. The van der Waals surface area contributed by atoms with Crippen LogP contribution in [-0.4, -0.2) is 101 Å². The van der Waals surface area contributed by atoms with Crippen LogP contribution in [-0.2, 0) is 31.1 Å². The molecular weight excluding hydrogens is 570 g/mol. The third kappa shape index (κ3) is 5.55. The average molecular weight is 588 g/mol. The molecule has 3 amide bonds. The van der Waals surface area contributed by atoms with Crippen LogP contribution in [0.25, 0.3) is 0 Å². The van der Waals surface area contributed by atoms with Crippen molar-refractivity contribution in [1.29, 1.82) is 0 Å². The number of carboxylic acid groups (broad SMARTS) is 1. The number of hydrogen-bond donors (Lipinski definition) is 3. The number of fused-ring (bicyclic) bond motifs is 1. The maximum Gasteiger partial charge on any atom is 0.352 e. The molecule has 37 heavy (non-hydrogen) atoms. The van der Waals surface area contributed by atoms with Gasteiger partial charge in [0.15, 0.2) is 10.8 Å². The third-order valence-electron chi connectivity index (χ3n) is 5.01. The van der Waals surface area contributed by atoms with E-state index in [4.69, 9.17) is 16.4 Å². The monoisotopic (exact) mass is 587 g/mol. The number of rotatable bonds is 10. The zero-order valence-electron chi connectivity index (χ0n) is 19.1. The molecule has 0 spiro atoms. The molecule has 2 aliphatic rings. The molecular formula is C18H18ClN9O6S3. The standard InChI is InChI=1S/C18H18ClN9O6S3/c1-27-18(23-25-26-27)37-5-7-4-35-15-11(14(31)28(15)12(7)16(32)33)22-13(30)10(24-34-2)8-6-36-17(20-8)21-9(29)3-19/h6,11,15H,3-5H2,1-2H3,(H,22,30)(H,32,33)(H,20,21,29)/b24-10+/t11-,15-/m1/s1. The van der Waals surface area contributed by atoms with Crippen LogP contribution in [0, 0.1) is 0 Å². The lowest BCUT2D eigenvalue weighted by Gasteiger charge is -2.49. The van der Waals surface area contributed by atoms with Crippen molar-refractivity contribution < 1.29 is 29.1 Å². The number of tetrazole rings is 1. The second-order valence-electron chi connectivity index (χ2n) is 7.33. The zero-order chi connectivity index (χ0) is 26.7. The van der Waals surface area contributed by atoms with Gasteiger partial charge in [-0.2, -0.15) is 0 Å². The molecule has 0 bridgehead atoms. The lowest BCUT2D eigenvalue weighted by Crippen LogP contribution is -2.71. The van der Waals surface area contributed by atoms with E-state index in [1.165, 1.54) is 45.6 Å². The van der Waals surface area contributed by atoms with E-state index in [1.54, 1.807) is 7.05 Å². The highest BCUT2D eigenvalue weighted by molar-refractivity contribution is 8.01. The summed E-state index contributed by atoms with van der Waals surface area (Å²) in [6.45, 7) is 0. The number of carbonyl (C=O) groups excluding carboxylic acids is 3. The second kappa shape index (κ2) is 11.4. The molecule has 2 aromatic heterocycles. The Kier molecular flexibility index (Phi) is 8.30. The highest BCUT2D eigenvalue weighted by atomic mass is 35.5. The Morgan fingerprint density at radius 2 is 2.19 bits per heavy atom. The largest absolute Gasteiger partial charge is 0.477 e. The van der Waals surface area contributed by atoms with Gasteiger partial charge in [0.2, 0.25) is 11.1 Å². The number of hydrogen-bond acceptors (Lipinski definition) is 13. The highest BCUT2D eigenvalue weighted by Gasteiger charge is 2.54. The topological polar surface area (TPSA) is 194 Å². The molecule has 3 N–H and O–H groups in total. The van der Waals surface area contributed by atoms with Crippen molar-refractivity contribution in [1.82, 2.24) is 35.4 Å². The zero-order valence-corrected chi connectivity index (χ0v) is 22.3. The number of aryl methyl sites for hydroxylation is 1. The van der Waals surface area contributed by atoms with Crippen molar-refractivity contribution in [3.63, 3.8) is 0 Å². The Bertz CT molecular complexity index is 1310. The molecule has 15 nitrogen and oxygen atoms in total. The van der Waals surface area contributed by atoms with Crippen molar-refractivity contribution in [3.8, 4) is 0 Å². The first-order valence-electron chi connectivity index (χ1n) is 10.2. The van der Waals surface area contributed by atoms with Gasteiger partial charge in [0.25, 0.3) is 11.8 Å². The van der Waals surface area contributed by atoms with E-state index in [9.17, 15) is 24.3 Å². The van der Waals surface area contributed by atoms with Crippen LogP contribution in [0.15, 0.2) is 27.0 Å². The molecule has 19 heteroatoms. The van der Waals surface area contributed by atoms with Crippen LogP contribution < -0.4 is 10.6 Å². The van der Waals surface area contributed by atoms with E-state index in [0.29, 0.717) is 16.5 Å². The number of thioether (sulfide) groups is 2. The number of carboxylic acids is 1. The van der Waals surface area contributed by atoms with Crippen LogP contribution in [0.4, 0.5) is 5.13 Å². The van der Waals surface area contributed by atoms with Crippen molar-refractivity contribution >= 4 is 81.0 Å². The summed E-state index contributed by atoms with van der Waals surface area (Å²) >= 11 is 9.10. The lowest BCUT2D eigenvalue weighted by atomic mass is 10.0. The number of alkyl halides is 1. The fourth-order valence-corrected chi connectivity index (χ4v) is 6.50. The number of β-lactam (4-membered cyclic amide) rings is 1. The maximum atomic E-state index is 13.0. The van der Waals surface area contributed by atoms with E-state index >= 15 is 0 Å². The predicted octanol–water partition coefficient (Wildman–Crippen LogP) is -0.275. The average Bonchev–Trinajstić information content (AvgIpc) is 3.51. The normalized spacial score (nSPS) is 19.3. The molecule has 2 aromatic rings. The lowest BCUT2D eigenvalue weighted by molar-refractivity contribution is -0.150. The van der Waals surface area contributed by atoms with E-state index < -0.39 is 35.1 Å². The Labute approximate surface area is 226 Å². The van der Waals surface area contributed by atoms with Gasteiger partial charge < -0.3 is 20.6 Å². The number of anilines is 1. The molecule has 0 aromatic carbocycles. The smallest absolute Gasteiger partial charge is 0.352 e. The minimum atomic E-state index is -1.24. The molecule has 0 radical (unpaired) electrons. The molecule has 2 atom stereocenters. The van der Waals surface area contributed by atoms with Crippen molar-refractivity contribution in [2.75, 3.05) is 29.8 Å². The molecule has 0 saturated carbocycles. The van der Waals surface area contributed by atoms with Gasteiger partial charge in [-0.1, -0.05) is 16.9 Å². The van der Waals surface area contributed by atoms with Crippen LogP contribution in [0.3, 0.4) is 0 Å². The minimum absolute atomic E-state index is 0.109. The molecule has 1 fully saturated rings. The van der Waals surface area contributed by atoms with Gasteiger partial charge in [-0.3, -0.25) is 19.3 Å². The minimum Gasteiger partial charge on any atom is -0.477 e. The molecule has 0 aliphatic carbocycles. The van der Waals surface area contributed by atoms with Crippen molar-refractivity contribution in [2.24, 2.45) is 12.2 Å². The predicted molar refractivity (Wildman–Crippen MR) is 134 cm³/mol. The van der Waals surface area contributed by atoms with Crippen LogP contribution in [0.2, 0.25) is 0 Å². The fraction of sp³-hybridized carbons (Fsp3) is 0.389. The number of nitrogens with one attached hydrogen (secondary N) is 2. The second-order valence-corrected chi connectivity index (χ2v) is 10.5. The molecule has 0 unspecified atom stereocenters. The third-order valence-corrected chi connectivity index (χ3v) is 8.44. The van der Waals surface area contributed by atoms with Gasteiger partial charge in [0.05, 0.1) is 0 Å². The summed E-state index contributed by atoms with van der Waals surface area (Å²) in [7, 11) is 2.90. The van der Waals surface area contributed by atoms with Gasteiger partial charge in [-0.05, 0) is 16.0 Å². The van der Waals surface area contributed by atoms with Crippen molar-refractivity contribution in [2.45, 2.75) is 16.6 Å². The Morgan fingerprint density at radius 3 is 2.84 bits per heavy atom. The van der Waals surface area contributed by atoms with Crippen LogP contribution >= 0.6 is 46.5 Å². The van der Waals surface area contributed by atoms with Gasteiger partial charge in [-0.25, -0.2) is 14.5 Å². The molecule has 4 rings (SSSR count). The first kappa shape index (κ1) is 26.8. The fourth-order valence-electron chi connectivity index (χ4n) is 3.39. The first-order chi connectivity index (χ1) is 17.7. The van der Waals surface area contributed by atoms with Gasteiger partial charge in [0.1, 0.15) is 35.8 Å². The summed E-state index contributed by atoms with van der Waals surface area (Å²) in [5.74, 6) is -2.71.